The van der Waals surface area contributed by atoms with Crippen molar-refractivity contribution >= 4 is 23.2 Å². The Bertz CT molecular complexity index is 693. The van der Waals surface area contributed by atoms with Gasteiger partial charge in [-0.3, -0.25) is 9.59 Å². The minimum Gasteiger partial charge on any atom is -0.371 e. The van der Waals surface area contributed by atoms with E-state index in [4.69, 9.17) is 0 Å². The highest BCUT2D eigenvalue weighted by Crippen LogP contribution is 2.23. The van der Waals surface area contributed by atoms with Crippen LogP contribution in [0, 0.1) is 11.3 Å². The number of piperidine rings is 1. The molecule has 0 spiro atoms. The van der Waals surface area contributed by atoms with Crippen LogP contribution in [0.1, 0.15) is 40.0 Å². The highest BCUT2D eigenvalue weighted by atomic mass is 16.2. The van der Waals surface area contributed by atoms with Crippen molar-refractivity contribution in [3.05, 3.63) is 36.0 Å². The Kier molecular flexibility index (Phi) is 6.18. The molecular formula is C19H24N4O2. The Labute approximate surface area is 148 Å². The topological polar surface area (TPSA) is 85.2 Å². The predicted molar refractivity (Wildman–Crippen MR) is 97.7 cm³/mol. The number of amides is 2. The molecule has 1 aromatic rings. The van der Waals surface area contributed by atoms with E-state index in [1.807, 2.05) is 6.07 Å². The number of carbonyl (C=O) groups is 2. The largest absolute Gasteiger partial charge is 0.371 e. The normalized spacial score (nSPS) is 20.6. The molecule has 0 bridgehead atoms. The number of nitriles is 1. The number of likely N-dealkylation sites (tertiary alicyclic amines) is 1. The Morgan fingerprint density at radius 3 is 2.12 bits per heavy atom. The van der Waals surface area contributed by atoms with Crippen LogP contribution in [0.25, 0.3) is 0 Å². The van der Waals surface area contributed by atoms with E-state index in [1.54, 1.807) is 30.5 Å². The molecule has 0 saturated carbocycles. The summed E-state index contributed by atoms with van der Waals surface area (Å²) in [7, 11) is 0. The van der Waals surface area contributed by atoms with E-state index in [0.717, 1.165) is 12.8 Å². The van der Waals surface area contributed by atoms with Crippen molar-refractivity contribution in [3.8, 4) is 6.07 Å². The van der Waals surface area contributed by atoms with E-state index in [9.17, 15) is 14.9 Å². The van der Waals surface area contributed by atoms with Gasteiger partial charge in [-0.05, 0) is 57.4 Å². The van der Waals surface area contributed by atoms with E-state index in [1.165, 1.54) is 13.3 Å². The molecule has 132 valence electrons. The lowest BCUT2D eigenvalue weighted by molar-refractivity contribution is -0.114. The maximum Gasteiger partial charge on any atom is 0.267 e. The Hall–Kier alpha value is -2.81. The molecule has 1 aromatic carbocycles. The molecule has 1 saturated heterocycles. The van der Waals surface area contributed by atoms with Gasteiger partial charge in [0.1, 0.15) is 11.6 Å². The summed E-state index contributed by atoms with van der Waals surface area (Å²) in [4.78, 5) is 25.5. The van der Waals surface area contributed by atoms with Crippen molar-refractivity contribution in [1.82, 2.24) is 4.90 Å². The second-order valence-corrected chi connectivity index (χ2v) is 6.44. The van der Waals surface area contributed by atoms with Gasteiger partial charge in [-0.1, -0.05) is 0 Å². The summed E-state index contributed by atoms with van der Waals surface area (Å²) in [6, 6.07) is 9.39. The Morgan fingerprint density at radius 1 is 1.12 bits per heavy atom. The summed E-state index contributed by atoms with van der Waals surface area (Å²) in [5.74, 6) is -0.587. The Morgan fingerprint density at radius 2 is 1.64 bits per heavy atom. The van der Waals surface area contributed by atoms with E-state index in [2.05, 4.69) is 29.4 Å². The van der Waals surface area contributed by atoms with Crippen molar-refractivity contribution in [2.45, 2.75) is 52.1 Å². The van der Waals surface area contributed by atoms with Gasteiger partial charge in [0.2, 0.25) is 5.91 Å². The fraction of sp³-hybridized carbons (Fsp3) is 0.421. The molecule has 6 heteroatoms. The summed E-state index contributed by atoms with van der Waals surface area (Å²) in [6.07, 6.45) is 4.97. The highest BCUT2D eigenvalue weighted by Gasteiger charge is 2.23. The molecular weight excluding hydrogens is 316 g/mol. The number of nitrogens with one attached hydrogen (secondary N) is 2. The van der Waals surface area contributed by atoms with Crippen LogP contribution in [0.3, 0.4) is 0 Å². The SMILES string of the molecule is CC(=O)Nc1ccc(NC(=O)/C(C#N)=C\N2C(C)CCCC2C)cc1. The minimum atomic E-state index is -0.431. The van der Waals surface area contributed by atoms with Gasteiger partial charge < -0.3 is 15.5 Å². The molecule has 25 heavy (non-hydrogen) atoms. The van der Waals surface area contributed by atoms with Gasteiger partial charge in [0, 0.05) is 36.6 Å². The van der Waals surface area contributed by atoms with E-state index >= 15 is 0 Å². The third-order valence-electron chi connectivity index (χ3n) is 4.37. The summed E-state index contributed by atoms with van der Waals surface area (Å²) in [5, 5.41) is 14.8. The first kappa shape index (κ1) is 18.5. The van der Waals surface area contributed by atoms with Crippen LogP contribution >= 0.6 is 0 Å². The van der Waals surface area contributed by atoms with Gasteiger partial charge in [0.05, 0.1) is 0 Å². The molecule has 2 N–H and O–H groups in total. The second kappa shape index (κ2) is 8.34. The highest BCUT2D eigenvalue weighted by molar-refractivity contribution is 6.06. The third-order valence-corrected chi connectivity index (χ3v) is 4.37. The fourth-order valence-electron chi connectivity index (χ4n) is 3.02. The first-order valence-corrected chi connectivity index (χ1v) is 8.49. The van der Waals surface area contributed by atoms with E-state index < -0.39 is 5.91 Å². The quantitative estimate of drug-likeness (QED) is 0.651. The third kappa shape index (κ3) is 5.08. The second-order valence-electron chi connectivity index (χ2n) is 6.44. The van der Waals surface area contributed by atoms with Crippen LogP contribution in [0.4, 0.5) is 11.4 Å². The van der Waals surface area contributed by atoms with Crippen molar-refractivity contribution in [2.75, 3.05) is 10.6 Å². The van der Waals surface area contributed by atoms with E-state index in [-0.39, 0.29) is 11.5 Å². The molecule has 2 rings (SSSR count). The molecule has 1 fully saturated rings. The van der Waals surface area contributed by atoms with Crippen molar-refractivity contribution in [3.63, 3.8) is 0 Å². The number of anilines is 2. The summed E-state index contributed by atoms with van der Waals surface area (Å²) in [6.45, 7) is 5.65. The molecule has 2 amide bonds. The minimum absolute atomic E-state index is 0.0894. The standard InChI is InChI=1S/C19H24N4O2/c1-13-5-4-6-14(2)23(13)12-16(11-20)19(25)22-18-9-7-17(8-10-18)21-15(3)24/h7-10,12-14H,4-6H2,1-3H3,(H,21,24)(H,22,25)/b16-12-. The number of rotatable bonds is 4. The molecule has 1 heterocycles. The molecule has 1 aliphatic heterocycles. The first-order chi connectivity index (χ1) is 11.9. The summed E-state index contributed by atoms with van der Waals surface area (Å²) < 4.78 is 0. The van der Waals surface area contributed by atoms with Crippen LogP contribution in [0.5, 0.6) is 0 Å². The molecule has 0 radical (unpaired) electrons. The molecule has 6 nitrogen and oxygen atoms in total. The zero-order chi connectivity index (χ0) is 18.4. The van der Waals surface area contributed by atoms with Crippen LogP contribution < -0.4 is 10.6 Å². The maximum atomic E-state index is 12.4. The lowest BCUT2D eigenvalue weighted by atomic mass is 9.98. The van der Waals surface area contributed by atoms with Crippen LogP contribution in [0.2, 0.25) is 0 Å². The lowest BCUT2D eigenvalue weighted by Crippen LogP contribution is -2.40. The number of hydrogen-bond donors (Lipinski definition) is 2. The lowest BCUT2D eigenvalue weighted by Gasteiger charge is -2.38. The molecule has 0 aromatic heterocycles. The number of nitrogens with zero attached hydrogens (tertiary/aromatic N) is 2. The monoisotopic (exact) mass is 340 g/mol. The summed E-state index contributed by atoms with van der Waals surface area (Å²) in [5.41, 5.74) is 1.31. The Balaban J connectivity index is 2.08. The zero-order valence-electron chi connectivity index (χ0n) is 14.9. The first-order valence-electron chi connectivity index (χ1n) is 8.49. The van der Waals surface area contributed by atoms with Gasteiger partial charge in [0.15, 0.2) is 0 Å². The number of carbonyl (C=O) groups excluding carboxylic acids is 2. The van der Waals surface area contributed by atoms with E-state index in [0.29, 0.717) is 23.5 Å². The van der Waals surface area contributed by atoms with Crippen LogP contribution in [0.15, 0.2) is 36.0 Å². The van der Waals surface area contributed by atoms with Gasteiger partial charge in [0.25, 0.3) is 5.91 Å². The van der Waals surface area contributed by atoms with Crippen molar-refractivity contribution in [1.29, 1.82) is 5.26 Å². The molecule has 2 unspecified atom stereocenters. The van der Waals surface area contributed by atoms with Gasteiger partial charge in [-0.25, -0.2) is 0 Å². The summed E-state index contributed by atoms with van der Waals surface area (Å²) >= 11 is 0. The average Bonchev–Trinajstić information content (AvgIpc) is 2.56. The van der Waals surface area contributed by atoms with Crippen LogP contribution in [-0.4, -0.2) is 28.8 Å². The van der Waals surface area contributed by atoms with Gasteiger partial charge in [-0.15, -0.1) is 0 Å². The molecule has 1 aliphatic rings. The van der Waals surface area contributed by atoms with Gasteiger partial charge in [-0.2, -0.15) is 5.26 Å². The number of benzene rings is 1. The van der Waals surface area contributed by atoms with Crippen LogP contribution in [-0.2, 0) is 9.59 Å². The smallest absolute Gasteiger partial charge is 0.267 e. The molecule has 0 aliphatic carbocycles. The van der Waals surface area contributed by atoms with Gasteiger partial charge >= 0.3 is 0 Å². The molecule has 2 atom stereocenters. The maximum absolute atomic E-state index is 12.4. The van der Waals surface area contributed by atoms with Crippen molar-refractivity contribution < 1.29 is 9.59 Å². The number of hydrogen-bond acceptors (Lipinski definition) is 4. The zero-order valence-corrected chi connectivity index (χ0v) is 14.9. The predicted octanol–water partition coefficient (Wildman–Crippen LogP) is 3.25. The average molecular weight is 340 g/mol. The fourth-order valence-corrected chi connectivity index (χ4v) is 3.02. The van der Waals surface area contributed by atoms with Crippen molar-refractivity contribution in [2.24, 2.45) is 0 Å².